The molecule has 2 fully saturated rings. The van der Waals surface area contributed by atoms with Crippen molar-refractivity contribution in [3.05, 3.63) is 41.1 Å². The summed E-state index contributed by atoms with van der Waals surface area (Å²) in [5.74, 6) is -0.316. The number of benzene rings is 1. The number of morpholine rings is 1. The van der Waals surface area contributed by atoms with Gasteiger partial charge in [-0.2, -0.15) is 8.78 Å². The Morgan fingerprint density at radius 2 is 2.13 bits per heavy atom. The fraction of sp³-hybridized carbons (Fsp3) is 0.500. The number of likely N-dealkylation sites (N-methyl/N-ethyl adjacent to an activating group) is 1. The van der Waals surface area contributed by atoms with Crippen LogP contribution in [0.15, 0.2) is 35.0 Å². The zero-order chi connectivity index (χ0) is 21.8. The zero-order valence-corrected chi connectivity index (χ0v) is 17.6. The summed E-state index contributed by atoms with van der Waals surface area (Å²) in [5, 5.41) is 10.4. The fourth-order valence-electron chi connectivity index (χ4n) is 4.16. The number of allylic oxidation sites excluding steroid dienone is 3. The molecule has 0 spiro atoms. The fourth-order valence-corrected chi connectivity index (χ4v) is 4.16. The first kappa shape index (κ1) is 22.2. The molecule has 2 aliphatic rings. The van der Waals surface area contributed by atoms with Gasteiger partial charge in [0.05, 0.1) is 30.0 Å². The van der Waals surface area contributed by atoms with Crippen molar-refractivity contribution in [3.8, 4) is 11.5 Å². The first-order chi connectivity index (χ1) is 14.3. The molecule has 1 aromatic carbocycles. The second-order valence-electron chi connectivity index (χ2n) is 7.77. The number of fused-ring (bicyclic) bond motifs is 1. The van der Waals surface area contributed by atoms with E-state index in [4.69, 9.17) is 4.74 Å². The van der Waals surface area contributed by atoms with Gasteiger partial charge in [-0.05, 0) is 63.9 Å². The monoisotopic (exact) mass is 421 g/mol. The average Bonchev–Trinajstić information content (AvgIpc) is 2.68. The number of likely N-dealkylation sites (tertiary alicyclic amines) is 1. The number of alkyl halides is 2. The highest BCUT2D eigenvalue weighted by Gasteiger charge is 2.36. The molecule has 3 rings (SSSR count). The minimum absolute atomic E-state index is 0.0946. The Balaban J connectivity index is 1.91. The van der Waals surface area contributed by atoms with E-state index in [0.29, 0.717) is 12.2 Å². The Hall–Kier alpha value is -2.45. The number of aryl methyl sites for hydroxylation is 1. The van der Waals surface area contributed by atoms with Gasteiger partial charge in [-0.25, -0.2) is 0 Å². The summed E-state index contributed by atoms with van der Waals surface area (Å²) in [4.78, 5) is 8.56. The van der Waals surface area contributed by atoms with E-state index in [1.54, 1.807) is 13.0 Å². The molecule has 2 saturated heterocycles. The van der Waals surface area contributed by atoms with E-state index in [1.807, 2.05) is 13.0 Å². The lowest BCUT2D eigenvalue weighted by molar-refractivity contribution is -0.0880. The third-order valence-corrected chi connectivity index (χ3v) is 5.59. The van der Waals surface area contributed by atoms with Gasteiger partial charge in [0, 0.05) is 25.3 Å². The van der Waals surface area contributed by atoms with E-state index in [1.165, 1.54) is 12.1 Å². The number of phenols is 1. The average molecular weight is 421 g/mol. The topological polar surface area (TPSA) is 57.5 Å². The number of aromatic hydroxyl groups is 1. The third kappa shape index (κ3) is 4.99. The van der Waals surface area contributed by atoms with Crippen LogP contribution in [0.4, 0.5) is 8.78 Å². The predicted octanol–water partition coefficient (Wildman–Crippen LogP) is 3.65. The molecule has 2 unspecified atom stereocenters. The van der Waals surface area contributed by atoms with Crippen LogP contribution >= 0.6 is 0 Å². The molecule has 2 atom stereocenters. The molecule has 8 heteroatoms. The standard InChI is InChI=1S/C22H29F2N3O3/c1-14-11-18(28)21(20(12-14)30-22(23)24)16(25-3)6-5-15(2)27-9-10-29-19-7-8-26(4)13-17(19)27/h5-6,11-12,17,19,22,28H,3,7-10,13H2,1-2,4H3/b15-5+,16-6-. The molecule has 2 aliphatic heterocycles. The van der Waals surface area contributed by atoms with Gasteiger partial charge in [-0.3, -0.25) is 4.99 Å². The first-order valence-corrected chi connectivity index (χ1v) is 10.0. The summed E-state index contributed by atoms with van der Waals surface area (Å²) in [6.45, 7) is 7.59. The van der Waals surface area contributed by atoms with Crippen LogP contribution in [0.3, 0.4) is 0 Å². The van der Waals surface area contributed by atoms with Gasteiger partial charge in [0.25, 0.3) is 0 Å². The molecule has 0 amide bonds. The summed E-state index contributed by atoms with van der Waals surface area (Å²) in [6, 6.07) is 3.18. The number of nitrogens with zero attached hydrogens (tertiary/aromatic N) is 3. The number of hydrogen-bond acceptors (Lipinski definition) is 6. The van der Waals surface area contributed by atoms with Crippen LogP contribution in [0.1, 0.15) is 24.5 Å². The van der Waals surface area contributed by atoms with Crippen molar-refractivity contribution >= 4 is 12.4 Å². The van der Waals surface area contributed by atoms with Crippen LogP contribution in [0.2, 0.25) is 0 Å². The molecule has 0 aliphatic carbocycles. The van der Waals surface area contributed by atoms with Gasteiger partial charge >= 0.3 is 6.61 Å². The number of piperidine rings is 1. The summed E-state index contributed by atoms with van der Waals surface area (Å²) < 4.78 is 36.3. The van der Waals surface area contributed by atoms with Crippen molar-refractivity contribution in [2.24, 2.45) is 4.99 Å². The van der Waals surface area contributed by atoms with E-state index in [2.05, 4.69) is 33.3 Å². The number of phenolic OH excluding ortho intramolecular Hbond substituents is 1. The lowest BCUT2D eigenvalue weighted by Crippen LogP contribution is -2.58. The van der Waals surface area contributed by atoms with Gasteiger partial charge in [-0.1, -0.05) is 0 Å². The van der Waals surface area contributed by atoms with Crippen molar-refractivity contribution in [3.63, 3.8) is 0 Å². The Labute approximate surface area is 176 Å². The number of halogens is 2. The number of rotatable bonds is 6. The molecule has 0 aromatic heterocycles. The maximum Gasteiger partial charge on any atom is 0.387 e. The minimum Gasteiger partial charge on any atom is -0.507 e. The second kappa shape index (κ2) is 9.57. The van der Waals surface area contributed by atoms with Crippen LogP contribution < -0.4 is 4.74 Å². The number of hydrogen-bond donors (Lipinski definition) is 1. The van der Waals surface area contributed by atoms with Gasteiger partial charge in [0.1, 0.15) is 11.5 Å². The Morgan fingerprint density at radius 3 is 2.83 bits per heavy atom. The number of ether oxygens (including phenoxy) is 2. The molecular formula is C22H29F2N3O3. The minimum atomic E-state index is -3.01. The van der Waals surface area contributed by atoms with E-state index in [0.717, 1.165) is 31.8 Å². The maximum absolute atomic E-state index is 12.9. The maximum atomic E-state index is 12.9. The molecule has 164 valence electrons. The number of aliphatic imine (C=N–C) groups is 1. The Kier molecular flexibility index (Phi) is 7.10. The predicted molar refractivity (Wildman–Crippen MR) is 113 cm³/mol. The summed E-state index contributed by atoms with van der Waals surface area (Å²) >= 11 is 0. The van der Waals surface area contributed by atoms with Crippen molar-refractivity contribution in [1.29, 1.82) is 0 Å². The van der Waals surface area contributed by atoms with Crippen LogP contribution in [0.5, 0.6) is 11.5 Å². The van der Waals surface area contributed by atoms with Gasteiger partial charge in [0.15, 0.2) is 0 Å². The summed E-state index contributed by atoms with van der Waals surface area (Å²) in [7, 11) is 2.10. The molecule has 1 aromatic rings. The van der Waals surface area contributed by atoms with Gasteiger partial charge < -0.3 is 24.4 Å². The molecule has 0 saturated carbocycles. The van der Waals surface area contributed by atoms with Crippen molar-refractivity contribution < 1.29 is 23.4 Å². The molecule has 0 bridgehead atoms. The van der Waals surface area contributed by atoms with E-state index >= 15 is 0 Å². The smallest absolute Gasteiger partial charge is 0.387 e. The first-order valence-electron chi connectivity index (χ1n) is 10.0. The largest absolute Gasteiger partial charge is 0.507 e. The summed E-state index contributed by atoms with van der Waals surface area (Å²) in [5.41, 5.74) is 1.96. The highest BCUT2D eigenvalue weighted by Crippen LogP contribution is 2.37. The van der Waals surface area contributed by atoms with Crippen LogP contribution in [0, 0.1) is 6.92 Å². The molecular weight excluding hydrogens is 392 g/mol. The van der Waals surface area contributed by atoms with Crippen LogP contribution in [-0.2, 0) is 4.74 Å². The van der Waals surface area contributed by atoms with Crippen LogP contribution in [-0.4, -0.2) is 73.7 Å². The molecule has 6 nitrogen and oxygen atoms in total. The van der Waals surface area contributed by atoms with Crippen LogP contribution in [0.25, 0.3) is 5.70 Å². The zero-order valence-electron chi connectivity index (χ0n) is 17.6. The summed E-state index contributed by atoms with van der Waals surface area (Å²) in [6.07, 6.45) is 4.73. The van der Waals surface area contributed by atoms with E-state index in [9.17, 15) is 13.9 Å². The highest BCUT2D eigenvalue weighted by molar-refractivity contribution is 5.78. The molecule has 0 radical (unpaired) electrons. The van der Waals surface area contributed by atoms with Crippen molar-refractivity contribution in [2.75, 3.05) is 33.3 Å². The highest BCUT2D eigenvalue weighted by atomic mass is 19.3. The van der Waals surface area contributed by atoms with Gasteiger partial charge in [-0.15, -0.1) is 0 Å². The molecule has 2 heterocycles. The van der Waals surface area contributed by atoms with E-state index < -0.39 is 6.61 Å². The third-order valence-electron chi connectivity index (χ3n) is 5.59. The quantitative estimate of drug-likeness (QED) is 0.561. The second-order valence-corrected chi connectivity index (χ2v) is 7.77. The van der Waals surface area contributed by atoms with Gasteiger partial charge in [0.2, 0.25) is 0 Å². The lowest BCUT2D eigenvalue weighted by Gasteiger charge is -2.47. The molecule has 1 N–H and O–H groups in total. The molecule has 30 heavy (non-hydrogen) atoms. The Morgan fingerprint density at radius 1 is 1.37 bits per heavy atom. The SMILES string of the molecule is C=N/C(=C\C=C(/C)N1CCOC2CCN(C)CC21)c1c(O)cc(C)cc1OC(F)F. The normalized spacial score (nSPS) is 23.5. The van der Waals surface area contributed by atoms with E-state index in [-0.39, 0.29) is 34.9 Å². The van der Waals surface area contributed by atoms with Crippen molar-refractivity contribution in [2.45, 2.75) is 39.0 Å². The van der Waals surface area contributed by atoms with Crippen molar-refractivity contribution in [1.82, 2.24) is 9.80 Å². The lowest BCUT2D eigenvalue weighted by atomic mass is 9.98. The Bertz CT molecular complexity index is 841.